The monoisotopic (exact) mass is 410 g/mol. The minimum Gasteiger partial charge on any atom is -0.493 e. The predicted octanol–water partition coefficient (Wildman–Crippen LogP) is 2.15. The molecule has 0 bridgehead atoms. The third-order valence-corrected chi connectivity index (χ3v) is 3.77. The average Bonchev–Trinajstić information content (AvgIpc) is 3.05. The van der Waals surface area contributed by atoms with Gasteiger partial charge in [0.1, 0.15) is 0 Å². The van der Waals surface area contributed by atoms with E-state index in [0.29, 0.717) is 29.3 Å². The molecule has 1 heterocycles. The zero-order chi connectivity index (χ0) is 18.2. The van der Waals surface area contributed by atoms with Gasteiger partial charge in [0.25, 0.3) is 5.91 Å². The predicted molar refractivity (Wildman–Crippen MR) is 95.0 cm³/mol. The quantitative estimate of drug-likeness (QED) is 0.650. The molecule has 0 atom stereocenters. The van der Waals surface area contributed by atoms with Crippen molar-refractivity contribution in [2.45, 2.75) is 6.42 Å². The van der Waals surface area contributed by atoms with Gasteiger partial charge in [-0.2, -0.15) is 0 Å². The Balaban J connectivity index is 1.74. The molecule has 0 fully saturated rings. The fourth-order valence-corrected chi connectivity index (χ4v) is 2.45. The Morgan fingerprint density at radius 1 is 1.04 bits per heavy atom. The van der Waals surface area contributed by atoms with Crippen molar-refractivity contribution in [3.8, 4) is 11.5 Å². The summed E-state index contributed by atoms with van der Waals surface area (Å²) in [4.78, 5) is 23.7. The largest absolute Gasteiger partial charge is 0.493 e. The van der Waals surface area contributed by atoms with E-state index in [9.17, 15) is 9.59 Å². The van der Waals surface area contributed by atoms with Gasteiger partial charge < -0.3 is 24.5 Å². The number of carbonyl (C=O) groups excluding carboxylic acids is 2. The molecule has 134 valence electrons. The highest BCUT2D eigenvalue weighted by Crippen LogP contribution is 2.27. The van der Waals surface area contributed by atoms with Gasteiger partial charge in [0.05, 0.1) is 20.6 Å². The second kappa shape index (κ2) is 9.12. The van der Waals surface area contributed by atoms with Crippen molar-refractivity contribution in [3.05, 3.63) is 46.3 Å². The smallest absolute Gasteiger partial charge is 0.287 e. The second-order valence-corrected chi connectivity index (χ2v) is 5.86. The van der Waals surface area contributed by atoms with E-state index in [-0.39, 0.29) is 24.0 Å². The maximum atomic E-state index is 12.0. The van der Waals surface area contributed by atoms with Gasteiger partial charge >= 0.3 is 0 Å². The molecule has 0 aliphatic rings. The van der Waals surface area contributed by atoms with Crippen LogP contribution in [0, 0.1) is 0 Å². The Morgan fingerprint density at radius 3 is 2.40 bits per heavy atom. The Labute approximate surface area is 153 Å². The summed E-state index contributed by atoms with van der Waals surface area (Å²) in [5, 5.41) is 5.40. The molecule has 1 aromatic heterocycles. The molecule has 0 unspecified atom stereocenters. The minimum absolute atomic E-state index is 0.151. The van der Waals surface area contributed by atoms with E-state index >= 15 is 0 Å². The van der Waals surface area contributed by atoms with Crippen molar-refractivity contribution >= 4 is 27.7 Å². The number of benzene rings is 1. The molecule has 2 aromatic rings. The van der Waals surface area contributed by atoms with Crippen LogP contribution in [0.2, 0.25) is 0 Å². The molecule has 2 N–H and O–H groups in total. The van der Waals surface area contributed by atoms with Gasteiger partial charge in [0.15, 0.2) is 21.9 Å². The van der Waals surface area contributed by atoms with Crippen LogP contribution in [-0.2, 0) is 11.2 Å². The van der Waals surface area contributed by atoms with Crippen LogP contribution in [0.1, 0.15) is 16.1 Å². The molecule has 7 nitrogen and oxygen atoms in total. The number of hydrogen-bond acceptors (Lipinski definition) is 5. The first-order valence-electron chi connectivity index (χ1n) is 7.54. The van der Waals surface area contributed by atoms with Crippen LogP contribution in [0.5, 0.6) is 11.5 Å². The first-order chi connectivity index (χ1) is 12.0. The van der Waals surface area contributed by atoms with Gasteiger partial charge in [-0.15, -0.1) is 0 Å². The van der Waals surface area contributed by atoms with E-state index in [1.54, 1.807) is 44.6 Å². The van der Waals surface area contributed by atoms with Gasteiger partial charge in [-0.3, -0.25) is 9.59 Å². The topological polar surface area (TPSA) is 89.8 Å². The first-order valence-corrected chi connectivity index (χ1v) is 8.34. The van der Waals surface area contributed by atoms with Gasteiger partial charge in [0, 0.05) is 13.1 Å². The second-order valence-electron chi connectivity index (χ2n) is 5.08. The zero-order valence-corrected chi connectivity index (χ0v) is 15.5. The average molecular weight is 411 g/mol. The maximum absolute atomic E-state index is 12.0. The summed E-state index contributed by atoms with van der Waals surface area (Å²) in [5.74, 6) is 0.911. The molecule has 25 heavy (non-hydrogen) atoms. The van der Waals surface area contributed by atoms with Crippen LogP contribution in [-0.4, -0.2) is 39.1 Å². The number of furan rings is 1. The van der Waals surface area contributed by atoms with E-state index in [4.69, 9.17) is 13.9 Å². The Morgan fingerprint density at radius 2 is 1.76 bits per heavy atom. The molecule has 0 aliphatic heterocycles. The van der Waals surface area contributed by atoms with E-state index in [0.717, 1.165) is 5.56 Å². The SMILES string of the molecule is COc1ccc(CC(=O)NCCNC(=O)c2ccc(Br)o2)cc1OC. The number of amides is 2. The standard InChI is InChI=1S/C17H19BrN2O5/c1-23-12-4-3-11(9-14(12)24-2)10-16(21)19-7-8-20-17(22)13-5-6-15(18)25-13/h3-6,9H,7-8,10H2,1-2H3,(H,19,21)(H,20,22). The molecule has 1 aromatic carbocycles. The molecular weight excluding hydrogens is 392 g/mol. The summed E-state index contributed by atoms with van der Waals surface area (Å²) in [6.07, 6.45) is 0.208. The van der Waals surface area contributed by atoms with Crippen molar-refractivity contribution in [1.82, 2.24) is 10.6 Å². The third-order valence-electron chi connectivity index (χ3n) is 3.34. The number of rotatable bonds is 8. The number of ether oxygens (including phenoxy) is 2. The van der Waals surface area contributed by atoms with E-state index in [1.165, 1.54) is 0 Å². The van der Waals surface area contributed by atoms with Gasteiger partial charge in [0.2, 0.25) is 5.91 Å². The molecule has 2 rings (SSSR count). The Bertz CT molecular complexity index is 744. The van der Waals surface area contributed by atoms with Crippen LogP contribution in [0.3, 0.4) is 0 Å². The summed E-state index contributed by atoms with van der Waals surface area (Å²) in [7, 11) is 3.10. The molecular formula is C17H19BrN2O5. The molecule has 8 heteroatoms. The summed E-state index contributed by atoms with van der Waals surface area (Å²) >= 11 is 3.13. The highest BCUT2D eigenvalue weighted by Gasteiger charge is 2.10. The lowest BCUT2D eigenvalue weighted by Crippen LogP contribution is -2.35. The highest BCUT2D eigenvalue weighted by molar-refractivity contribution is 9.10. The molecule has 0 saturated carbocycles. The maximum Gasteiger partial charge on any atom is 0.287 e. The number of carbonyl (C=O) groups is 2. The fourth-order valence-electron chi connectivity index (χ4n) is 2.14. The fraction of sp³-hybridized carbons (Fsp3) is 0.294. The summed E-state index contributed by atoms with van der Waals surface area (Å²) in [5.41, 5.74) is 0.805. The lowest BCUT2D eigenvalue weighted by atomic mass is 10.1. The van der Waals surface area contributed by atoms with Crippen LogP contribution in [0.4, 0.5) is 0 Å². The normalized spacial score (nSPS) is 10.2. The highest BCUT2D eigenvalue weighted by atomic mass is 79.9. The van der Waals surface area contributed by atoms with Gasteiger partial charge in [-0.1, -0.05) is 6.07 Å². The molecule has 0 aliphatic carbocycles. The van der Waals surface area contributed by atoms with E-state index in [1.807, 2.05) is 0 Å². The van der Waals surface area contributed by atoms with E-state index in [2.05, 4.69) is 26.6 Å². The lowest BCUT2D eigenvalue weighted by Gasteiger charge is -2.10. The van der Waals surface area contributed by atoms with Gasteiger partial charge in [-0.25, -0.2) is 0 Å². The first kappa shape index (κ1) is 18.9. The van der Waals surface area contributed by atoms with Crippen molar-refractivity contribution in [1.29, 1.82) is 0 Å². The van der Waals surface area contributed by atoms with Crippen molar-refractivity contribution < 1.29 is 23.5 Å². The lowest BCUT2D eigenvalue weighted by molar-refractivity contribution is -0.120. The number of hydrogen-bond donors (Lipinski definition) is 2. The van der Waals surface area contributed by atoms with Crippen LogP contribution in [0.25, 0.3) is 0 Å². The summed E-state index contributed by atoms with van der Waals surface area (Å²) in [6, 6.07) is 8.52. The minimum atomic E-state index is -0.333. The van der Waals surface area contributed by atoms with Crippen molar-refractivity contribution in [3.63, 3.8) is 0 Å². The van der Waals surface area contributed by atoms with Gasteiger partial charge in [-0.05, 0) is 45.8 Å². The van der Waals surface area contributed by atoms with Crippen molar-refractivity contribution in [2.24, 2.45) is 0 Å². The molecule has 0 saturated heterocycles. The molecule has 0 spiro atoms. The molecule has 2 amide bonds. The number of halogens is 1. The number of methoxy groups -OCH3 is 2. The van der Waals surface area contributed by atoms with Crippen LogP contribution >= 0.6 is 15.9 Å². The Kier molecular flexibility index (Phi) is 6.88. The van der Waals surface area contributed by atoms with Crippen LogP contribution < -0.4 is 20.1 Å². The number of nitrogens with one attached hydrogen (secondary N) is 2. The van der Waals surface area contributed by atoms with Crippen molar-refractivity contribution in [2.75, 3.05) is 27.3 Å². The summed E-state index contributed by atoms with van der Waals surface area (Å²) in [6.45, 7) is 0.620. The summed E-state index contributed by atoms with van der Waals surface area (Å²) < 4.78 is 16.0. The zero-order valence-electron chi connectivity index (χ0n) is 13.9. The van der Waals surface area contributed by atoms with Crippen LogP contribution in [0.15, 0.2) is 39.4 Å². The molecule has 0 radical (unpaired) electrons. The Hall–Kier alpha value is -2.48. The third kappa shape index (κ3) is 5.53. The van der Waals surface area contributed by atoms with E-state index < -0.39 is 0 Å².